The Morgan fingerprint density at radius 2 is 2.07 bits per heavy atom. The maximum absolute atomic E-state index is 11.3. The van der Waals surface area contributed by atoms with Crippen LogP contribution in [0.25, 0.3) is 0 Å². The number of carbonyl (C=O) groups excluding carboxylic acids is 1. The molecule has 1 atom stereocenters. The summed E-state index contributed by atoms with van der Waals surface area (Å²) < 4.78 is 10.1. The first-order valence-corrected chi connectivity index (χ1v) is 5.65. The van der Waals surface area contributed by atoms with Crippen molar-refractivity contribution in [1.29, 1.82) is 0 Å². The molecule has 0 aliphatic carbocycles. The largest absolute Gasteiger partial charge is 0.468 e. The molecule has 0 aliphatic heterocycles. The van der Waals surface area contributed by atoms with E-state index in [0.717, 1.165) is 25.8 Å². The number of carbonyl (C=O) groups is 1. The Hall–Kier alpha value is -0.610. The van der Waals surface area contributed by atoms with Crippen LogP contribution in [0.15, 0.2) is 0 Å². The quantitative estimate of drug-likeness (QED) is 0.468. The number of ether oxygens (including phenoxy) is 2. The number of nitrogens with one attached hydrogen (secondary N) is 1. The minimum Gasteiger partial charge on any atom is -0.468 e. The smallest absolute Gasteiger partial charge is 0.325 e. The van der Waals surface area contributed by atoms with Crippen molar-refractivity contribution in [2.75, 3.05) is 26.9 Å². The Morgan fingerprint density at radius 3 is 2.60 bits per heavy atom. The average molecular weight is 217 g/mol. The molecule has 0 radical (unpaired) electrons. The summed E-state index contributed by atoms with van der Waals surface area (Å²) in [5.41, 5.74) is 0. The molecule has 0 saturated heterocycles. The van der Waals surface area contributed by atoms with E-state index >= 15 is 0 Å². The van der Waals surface area contributed by atoms with E-state index in [-0.39, 0.29) is 12.0 Å². The highest BCUT2D eigenvalue weighted by molar-refractivity contribution is 5.75. The molecule has 15 heavy (non-hydrogen) atoms. The predicted molar refractivity (Wildman–Crippen MR) is 59.8 cm³/mol. The van der Waals surface area contributed by atoms with Crippen LogP contribution in [0.5, 0.6) is 0 Å². The van der Waals surface area contributed by atoms with Crippen LogP contribution in [0.3, 0.4) is 0 Å². The Balaban J connectivity index is 3.74. The van der Waals surface area contributed by atoms with Gasteiger partial charge in [0.15, 0.2) is 0 Å². The second kappa shape index (κ2) is 9.93. The van der Waals surface area contributed by atoms with Crippen LogP contribution < -0.4 is 5.32 Å². The number of rotatable bonds is 9. The maximum Gasteiger partial charge on any atom is 0.325 e. The summed E-state index contributed by atoms with van der Waals surface area (Å²) in [5.74, 6) is -0.250. The fourth-order valence-electron chi connectivity index (χ4n) is 1.12. The van der Waals surface area contributed by atoms with Crippen LogP contribution in [0.1, 0.15) is 33.1 Å². The van der Waals surface area contributed by atoms with Gasteiger partial charge in [0.25, 0.3) is 0 Å². The van der Waals surface area contributed by atoms with Gasteiger partial charge in [-0.15, -0.1) is 0 Å². The molecule has 0 fully saturated rings. The molecular formula is C11H23NO3. The van der Waals surface area contributed by atoms with E-state index in [1.54, 1.807) is 0 Å². The van der Waals surface area contributed by atoms with E-state index in [2.05, 4.69) is 23.9 Å². The number of esters is 1. The van der Waals surface area contributed by atoms with E-state index in [4.69, 9.17) is 4.74 Å². The van der Waals surface area contributed by atoms with Gasteiger partial charge in [-0.2, -0.15) is 0 Å². The van der Waals surface area contributed by atoms with Crippen LogP contribution in [0, 0.1) is 0 Å². The Kier molecular flexibility index (Phi) is 9.52. The lowest BCUT2D eigenvalue weighted by Crippen LogP contribution is -2.41. The van der Waals surface area contributed by atoms with Gasteiger partial charge in [0.1, 0.15) is 6.04 Å². The van der Waals surface area contributed by atoms with Crippen molar-refractivity contribution in [3.05, 3.63) is 0 Å². The average Bonchev–Trinajstić information content (AvgIpc) is 2.27. The van der Waals surface area contributed by atoms with Crippen LogP contribution in [-0.2, 0) is 14.3 Å². The third-order valence-corrected chi connectivity index (χ3v) is 2.05. The van der Waals surface area contributed by atoms with Crippen LogP contribution in [-0.4, -0.2) is 38.9 Å². The fraction of sp³-hybridized carbons (Fsp3) is 0.909. The zero-order valence-corrected chi connectivity index (χ0v) is 10.0. The third-order valence-electron chi connectivity index (χ3n) is 2.05. The zero-order chi connectivity index (χ0) is 11.5. The first-order chi connectivity index (χ1) is 7.26. The molecule has 0 amide bonds. The molecule has 0 bridgehead atoms. The van der Waals surface area contributed by atoms with Gasteiger partial charge in [0.05, 0.1) is 13.7 Å². The molecule has 0 aromatic heterocycles. The van der Waals surface area contributed by atoms with Gasteiger partial charge < -0.3 is 14.8 Å². The minimum absolute atomic E-state index is 0.250. The molecule has 0 aromatic carbocycles. The van der Waals surface area contributed by atoms with Gasteiger partial charge in [-0.25, -0.2) is 0 Å². The molecule has 4 heteroatoms. The molecule has 0 rings (SSSR count). The van der Waals surface area contributed by atoms with E-state index in [0.29, 0.717) is 13.2 Å². The van der Waals surface area contributed by atoms with E-state index < -0.39 is 0 Å². The molecule has 0 spiro atoms. The lowest BCUT2D eigenvalue weighted by atomic mass is 10.3. The Morgan fingerprint density at radius 1 is 1.33 bits per heavy atom. The highest BCUT2D eigenvalue weighted by atomic mass is 16.5. The first kappa shape index (κ1) is 14.4. The van der Waals surface area contributed by atoms with E-state index in [1.165, 1.54) is 7.11 Å². The van der Waals surface area contributed by atoms with Gasteiger partial charge in [0, 0.05) is 6.61 Å². The van der Waals surface area contributed by atoms with Crippen LogP contribution in [0.2, 0.25) is 0 Å². The zero-order valence-electron chi connectivity index (χ0n) is 10.0. The first-order valence-electron chi connectivity index (χ1n) is 5.65. The second-order valence-corrected chi connectivity index (χ2v) is 3.46. The monoisotopic (exact) mass is 217 g/mol. The molecule has 1 N–H and O–H groups in total. The highest BCUT2D eigenvalue weighted by Gasteiger charge is 2.17. The maximum atomic E-state index is 11.3. The Labute approximate surface area is 92.3 Å². The second-order valence-electron chi connectivity index (χ2n) is 3.46. The predicted octanol–water partition coefficient (Wildman–Crippen LogP) is 1.34. The summed E-state index contributed by atoms with van der Waals surface area (Å²) in [6, 6.07) is -0.327. The van der Waals surface area contributed by atoms with Crippen molar-refractivity contribution in [3.63, 3.8) is 0 Å². The van der Waals surface area contributed by atoms with Crippen LogP contribution >= 0.6 is 0 Å². The van der Waals surface area contributed by atoms with Crippen LogP contribution in [0.4, 0.5) is 0 Å². The van der Waals surface area contributed by atoms with Gasteiger partial charge in [-0.3, -0.25) is 4.79 Å². The minimum atomic E-state index is -0.327. The van der Waals surface area contributed by atoms with Gasteiger partial charge in [0.2, 0.25) is 0 Å². The molecule has 0 aromatic rings. The van der Waals surface area contributed by atoms with Crippen molar-refractivity contribution in [3.8, 4) is 0 Å². The van der Waals surface area contributed by atoms with Gasteiger partial charge in [-0.1, -0.05) is 20.3 Å². The number of hydrogen-bond donors (Lipinski definition) is 1. The van der Waals surface area contributed by atoms with Crippen molar-refractivity contribution in [2.24, 2.45) is 0 Å². The van der Waals surface area contributed by atoms with Crippen molar-refractivity contribution < 1.29 is 14.3 Å². The number of hydrogen-bond acceptors (Lipinski definition) is 4. The van der Waals surface area contributed by atoms with E-state index in [1.807, 2.05) is 0 Å². The van der Waals surface area contributed by atoms with Gasteiger partial charge in [-0.05, 0) is 19.4 Å². The molecule has 0 aliphatic rings. The lowest BCUT2D eigenvalue weighted by molar-refractivity contribution is -0.144. The normalized spacial score (nSPS) is 12.5. The SMILES string of the molecule is CCCCOCC(NCCC)C(=O)OC. The Bertz CT molecular complexity index is 162. The summed E-state index contributed by atoms with van der Waals surface area (Å²) in [5, 5.41) is 3.10. The van der Waals surface area contributed by atoms with Crippen molar-refractivity contribution in [2.45, 2.75) is 39.2 Å². The number of unbranched alkanes of at least 4 members (excludes halogenated alkanes) is 1. The lowest BCUT2D eigenvalue weighted by Gasteiger charge is -2.15. The molecule has 0 saturated carbocycles. The molecule has 90 valence electrons. The molecule has 0 heterocycles. The van der Waals surface area contributed by atoms with Gasteiger partial charge >= 0.3 is 5.97 Å². The fourth-order valence-corrected chi connectivity index (χ4v) is 1.12. The summed E-state index contributed by atoms with van der Waals surface area (Å²) in [6.45, 7) is 6.07. The summed E-state index contributed by atoms with van der Waals surface area (Å²) >= 11 is 0. The summed E-state index contributed by atoms with van der Waals surface area (Å²) in [6.07, 6.45) is 3.12. The topological polar surface area (TPSA) is 47.6 Å². The highest BCUT2D eigenvalue weighted by Crippen LogP contribution is 1.94. The van der Waals surface area contributed by atoms with E-state index in [9.17, 15) is 4.79 Å². The number of methoxy groups -OCH3 is 1. The third kappa shape index (κ3) is 7.33. The van der Waals surface area contributed by atoms with Crippen molar-refractivity contribution in [1.82, 2.24) is 5.32 Å². The van der Waals surface area contributed by atoms with Crippen molar-refractivity contribution >= 4 is 5.97 Å². The molecule has 4 nitrogen and oxygen atoms in total. The molecule has 1 unspecified atom stereocenters. The molecular weight excluding hydrogens is 194 g/mol. The standard InChI is InChI=1S/C11H23NO3/c1-4-6-8-15-9-10(11(13)14-3)12-7-5-2/h10,12H,4-9H2,1-3H3. The summed E-state index contributed by atoms with van der Waals surface area (Å²) in [7, 11) is 1.40. The summed E-state index contributed by atoms with van der Waals surface area (Å²) in [4.78, 5) is 11.3.